The van der Waals surface area contributed by atoms with E-state index in [0.717, 1.165) is 16.9 Å². The zero-order valence-electron chi connectivity index (χ0n) is 20.5. The fraction of sp³-hybridized carbons (Fsp3) is 0.161. The van der Waals surface area contributed by atoms with Crippen LogP contribution in [0.1, 0.15) is 47.8 Å². The molecule has 4 rings (SSSR count). The summed E-state index contributed by atoms with van der Waals surface area (Å²) in [5.41, 5.74) is 3.57. The van der Waals surface area contributed by atoms with Crippen molar-refractivity contribution in [3.8, 4) is 11.5 Å². The molecule has 0 fully saturated rings. The van der Waals surface area contributed by atoms with Gasteiger partial charge in [-0.25, -0.2) is 4.79 Å². The molecule has 0 heterocycles. The van der Waals surface area contributed by atoms with E-state index in [1.807, 2.05) is 72.8 Å². The first kappa shape index (κ1) is 25.4. The van der Waals surface area contributed by atoms with Gasteiger partial charge in [-0.3, -0.25) is 0 Å². The second-order valence-corrected chi connectivity index (χ2v) is 8.41. The number of methoxy groups -OCH3 is 1. The molecule has 0 saturated heterocycles. The summed E-state index contributed by atoms with van der Waals surface area (Å²) in [5, 5.41) is 0. The van der Waals surface area contributed by atoms with E-state index in [4.69, 9.17) is 9.47 Å². The van der Waals surface area contributed by atoms with Gasteiger partial charge >= 0.3 is 5.97 Å². The molecular formula is C31H30O4. The van der Waals surface area contributed by atoms with Crippen LogP contribution in [0.4, 0.5) is 0 Å². The Morgan fingerprint density at radius 3 is 1.46 bits per heavy atom. The van der Waals surface area contributed by atoms with Gasteiger partial charge in [-0.1, -0.05) is 72.8 Å². The minimum atomic E-state index is -0.379. The molecule has 1 unspecified atom stereocenters. The minimum Gasteiger partial charge on any atom is -0.497 e. The van der Waals surface area contributed by atoms with Crippen LogP contribution in [0, 0.1) is 0 Å². The lowest BCUT2D eigenvalue weighted by atomic mass is 9.71. The summed E-state index contributed by atoms with van der Waals surface area (Å²) in [4.78, 5) is 21.8. The molecule has 0 aromatic heterocycles. The minimum absolute atomic E-state index is 0.167. The predicted molar refractivity (Wildman–Crippen MR) is 139 cm³/mol. The second-order valence-electron chi connectivity index (χ2n) is 8.41. The number of carbonyl (C=O) groups excluding carboxylic acids is 2. The molecule has 35 heavy (non-hydrogen) atoms. The lowest BCUT2D eigenvalue weighted by Crippen LogP contribution is -2.25. The molecule has 0 radical (unpaired) electrons. The van der Waals surface area contributed by atoms with Gasteiger partial charge in [0.2, 0.25) is 0 Å². The lowest BCUT2D eigenvalue weighted by molar-refractivity contribution is -0.115. The van der Waals surface area contributed by atoms with Crippen molar-refractivity contribution < 1.29 is 19.1 Å². The van der Waals surface area contributed by atoms with Gasteiger partial charge < -0.3 is 14.3 Å². The third kappa shape index (κ3) is 6.45. The molecule has 0 aliphatic carbocycles. The van der Waals surface area contributed by atoms with E-state index in [0.29, 0.717) is 11.3 Å². The molecule has 0 N–H and O–H groups in total. The van der Waals surface area contributed by atoms with Crippen molar-refractivity contribution in [1.82, 2.24) is 0 Å². The molecule has 0 amide bonds. The van der Waals surface area contributed by atoms with Crippen LogP contribution in [0.15, 0.2) is 109 Å². The first-order chi connectivity index (χ1) is 16.8. The van der Waals surface area contributed by atoms with Gasteiger partial charge in [0.25, 0.3) is 0 Å². The van der Waals surface area contributed by atoms with Crippen LogP contribution in [-0.4, -0.2) is 18.9 Å². The maximum atomic E-state index is 12.4. The number of esters is 1. The molecule has 0 saturated carbocycles. The molecule has 4 aromatic carbocycles. The molecule has 4 heteroatoms. The molecule has 0 aliphatic heterocycles. The normalized spacial score (nSPS) is 11.9. The summed E-state index contributed by atoms with van der Waals surface area (Å²) in [6.45, 7) is 5.26. The smallest absolute Gasteiger partial charge is 0.343 e. The molecule has 1 atom stereocenters. The van der Waals surface area contributed by atoms with E-state index in [9.17, 15) is 9.59 Å². The molecule has 0 bridgehead atoms. The largest absolute Gasteiger partial charge is 0.497 e. The van der Waals surface area contributed by atoms with Crippen LogP contribution >= 0.6 is 0 Å². The highest BCUT2D eigenvalue weighted by molar-refractivity contribution is 5.90. The van der Waals surface area contributed by atoms with Gasteiger partial charge in [0.15, 0.2) is 0 Å². The third-order valence-corrected chi connectivity index (χ3v) is 5.67. The highest BCUT2D eigenvalue weighted by atomic mass is 16.5. The highest BCUT2D eigenvalue weighted by Gasteiger charge is 2.31. The molecule has 0 spiro atoms. The number of carbonyl (C=O) groups is 2. The average Bonchev–Trinajstić information content (AvgIpc) is 2.89. The van der Waals surface area contributed by atoms with Gasteiger partial charge in [-0.2, -0.15) is 0 Å². The maximum absolute atomic E-state index is 12.4. The van der Waals surface area contributed by atoms with E-state index >= 15 is 0 Å². The number of ketones is 1. The SMILES string of the molecule is CC(C)=O.COc1ccc(C(C)(c2ccccc2)c2ccc(OC(=O)c3ccccc3)cc2)cc1. The number of Topliss-reactive ketones (excluding diaryl/α,β-unsaturated/α-hetero) is 1. The van der Waals surface area contributed by atoms with Crippen LogP contribution in [-0.2, 0) is 10.2 Å². The van der Waals surface area contributed by atoms with E-state index in [1.54, 1.807) is 19.2 Å². The predicted octanol–water partition coefficient (Wildman–Crippen LogP) is 6.86. The Hall–Kier alpha value is -4.18. The van der Waals surface area contributed by atoms with E-state index in [-0.39, 0.29) is 17.2 Å². The number of benzene rings is 4. The lowest BCUT2D eigenvalue weighted by Gasteiger charge is -2.32. The van der Waals surface area contributed by atoms with E-state index in [2.05, 4.69) is 31.2 Å². The summed E-state index contributed by atoms with van der Waals surface area (Å²) in [6.07, 6.45) is 0. The molecular weight excluding hydrogens is 436 g/mol. The summed E-state index contributed by atoms with van der Waals surface area (Å²) >= 11 is 0. The van der Waals surface area contributed by atoms with Crippen LogP contribution in [0.3, 0.4) is 0 Å². The standard InChI is InChI=1S/C28H24O3.C3H6O/c1-28(22-11-7-4-8-12-22,23-13-17-25(30-2)18-14-23)24-15-19-26(20-16-24)31-27(29)21-9-5-3-6-10-21;1-3(2)4/h3-20H,1-2H3;1-2H3. The number of hydrogen-bond donors (Lipinski definition) is 0. The number of rotatable bonds is 6. The zero-order chi connectivity index (χ0) is 25.3. The summed E-state index contributed by atoms with van der Waals surface area (Å²) in [5.74, 6) is 1.14. The van der Waals surface area contributed by atoms with Crippen molar-refractivity contribution in [2.45, 2.75) is 26.2 Å². The Kier molecular flexibility index (Phi) is 8.58. The Labute approximate surface area is 207 Å². The van der Waals surface area contributed by atoms with Gasteiger partial charge in [0.1, 0.15) is 17.3 Å². The monoisotopic (exact) mass is 466 g/mol. The topological polar surface area (TPSA) is 52.6 Å². The second kappa shape index (κ2) is 11.8. The maximum Gasteiger partial charge on any atom is 0.343 e. The van der Waals surface area contributed by atoms with Crippen molar-refractivity contribution in [3.63, 3.8) is 0 Å². The van der Waals surface area contributed by atoms with Gasteiger partial charge in [0.05, 0.1) is 12.7 Å². The van der Waals surface area contributed by atoms with Crippen molar-refractivity contribution in [2.75, 3.05) is 7.11 Å². The first-order valence-electron chi connectivity index (χ1n) is 11.4. The molecule has 178 valence electrons. The van der Waals surface area contributed by atoms with Crippen molar-refractivity contribution in [3.05, 3.63) is 131 Å². The van der Waals surface area contributed by atoms with E-state index in [1.165, 1.54) is 19.4 Å². The van der Waals surface area contributed by atoms with Crippen LogP contribution in [0.25, 0.3) is 0 Å². The quantitative estimate of drug-likeness (QED) is 0.177. The summed E-state index contributed by atoms with van der Waals surface area (Å²) < 4.78 is 10.9. The van der Waals surface area contributed by atoms with Crippen LogP contribution in [0.5, 0.6) is 11.5 Å². The van der Waals surface area contributed by atoms with E-state index < -0.39 is 0 Å². The van der Waals surface area contributed by atoms with Crippen LogP contribution in [0.2, 0.25) is 0 Å². The number of hydrogen-bond acceptors (Lipinski definition) is 4. The van der Waals surface area contributed by atoms with Crippen molar-refractivity contribution >= 4 is 11.8 Å². The zero-order valence-corrected chi connectivity index (χ0v) is 20.5. The molecule has 4 nitrogen and oxygen atoms in total. The Bertz CT molecular complexity index is 1230. The Morgan fingerprint density at radius 2 is 1.00 bits per heavy atom. The fourth-order valence-corrected chi connectivity index (χ4v) is 3.79. The Balaban J connectivity index is 0.000000795. The molecule has 4 aromatic rings. The van der Waals surface area contributed by atoms with Crippen molar-refractivity contribution in [1.29, 1.82) is 0 Å². The van der Waals surface area contributed by atoms with Crippen LogP contribution < -0.4 is 9.47 Å². The Morgan fingerprint density at radius 1 is 0.600 bits per heavy atom. The third-order valence-electron chi connectivity index (χ3n) is 5.67. The van der Waals surface area contributed by atoms with Gasteiger partial charge in [-0.05, 0) is 73.9 Å². The van der Waals surface area contributed by atoms with Gasteiger partial charge in [0, 0.05) is 5.41 Å². The van der Waals surface area contributed by atoms with Gasteiger partial charge in [-0.15, -0.1) is 0 Å². The first-order valence-corrected chi connectivity index (χ1v) is 11.4. The summed E-state index contributed by atoms with van der Waals surface area (Å²) in [6, 6.07) is 35.3. The highest BCUT2D eigenvalue weighted by Crippen LogP contribution is 2.39. The van der Waals surface area contributed by atoms with Crippen molar-refractivity contribution in [2.24, 2.45) is 0 Å². The summed E-state index contributed by atoms with van der Waals surface area (Å²) in [7, 11) is 1.67. The molecule has 0 aliphatic rings. The fourth-order valence-electron chi connectivity index (χ4n) is 3.79. The average molecular weight is 467 g/mol. The number of ether oxygens (including phenoxy) is 2.